The van der Waals surface area contributed by atoms with Gasteiger partial charge in [0.15, 0.2) is 5.65 Å². The Labute approximate surface area is 233 Å². The molecule has 0 aliphatic carbocycles. The van der Waals surface area contributed by atoms with Crippen LogP contribution in [-0.2, 0) is 4.79 Å². The lowest BCUT2D eigenvalue weighted by Gasteiger charge is -2.46. The number of hydrogen-bond acceptors (Lipinski definition) is 6. The molecular formula is C28H36Cl2N6O2. The number of nitrogens with zero attached hydrogens (tertiary/aromatic N) is 6. The van der Waals surface area contributed by atoms with Crippen LogP contribution in [0.3, 0.4) is 0 Å². The Hall–Kier alpha value is -2.42. The first-order valence-electron chi connectivity index (χ1n) is 13.6. The minimum absolute atomic E-state index is 0.127. The van der Waals surface area contributed by atoms with Crippen LogP contribution in [0.15, 0.2) is 24.4 Å². The van der Waals surface area contributed by atoms with Gasteiger partial charge in [-0.15, -0.1) is 0 Å². The van der Waals surface area contributed by atoms with Crippen LogP contribution in [0.2, 0.25) is 10.0 Å². The van der Waals surface area contributed by atoms with Gasteiger partial charge in [-0.05, 0) is 75.6 Å². The number of fused-ring (bicyclic) bond motifs is 1. The number of hydrogen-bond donors (Lipinski definition) is 1. The Morgan fingerprint density at radius 2 is 2.03 bits per heavy atom. The molecule has 5 rings (SSSR count). The fourth-order valence-corrected chi connectivity index (χ4v) is 6.85. The quantitative estimate of drug-likeness (QED) is 0.389. The summed E-state index contributed by atoms with van der Waals surface area (Å²) in [6.07, 6.45) is 6.27. The van der Waals surface area contributed by atoms with E-state index in [0.29, 0.717) is 27.9 Å². The summed E-state index contributed by atoms with van der Waals surface area (Å²) in [4.78, 5) is 25.8. The van der Waals surface area contributed by atoms with Crippen molar-refractivity contribution < 1.29 is 9.90 Å². The molecular weight excluding hydrogens is 523 g/mol. The number of anilines is 1. The van der Waals surface area contributed by atoms with Crippen molar-refractivity contribution in [3.05, 3.63) is 45.7 Å². The summed E-state index contributed by atoms with van der Waals surface area (Å²) in [6, 6.07) is 5.92. The van der Waals surface area contributed by atoms with Crippen LogP contribution in [0.1, 0.15) is 63.3 Å². The van der Waals surface area contributed by atoms with Gasteiger partial charge in [0.25, 0.3) is 0 Å². The van der Waals surface area contributed by atoms with Crippen LogP contribution in [0.4, 0.5) is 5.82 Å². The number of rotatable bonds is 7. The van der Waals surface area contributed by atoms with Crippen molar-refractivity contribution in [2.75, 3.05) is 31.1 Å². The highest BCUT2D eigenvalue weighted by molar-refractivity contribution is 6.35. The van der Waals surface area contributed by atoms with Gasteiger partial charge in [-0.2, -0.15) is 5.10 Å². The second kappa shape index (κ2) is 11.4. The maximum absolute atomic E-state index is 11.0. The van der Waals surface area contributed by atoms with Gasteiger partial charge in [0, 0.05) is 42.1 Å². The van der Waals surface area contributed by atoms with E-state index in [-0.39, 0.29) is 12.5 Å². The first kappa shape index (κ1) is 27.2. The maximum Gasteiger partial charge on any atom is 0.303 e. The molecule has 1 N–H and O–H groups in total. The van der Waals surface area contributed by atoms with Gasteiger partial charge in [-0.25, -0.2) is 14.6 Å². The second-order valence-electron chi connectivity index (χ2n) is 11.0. The molecule has 2 aromatic heterocycles. The third kappa shape index (κ3) is 5.63. The maximum atomic E-state index is 11.0. The lowest BCUT2D eigenvalue weighted by atomic mass is 9.87. The monoisotopic (exact) mass is 558 g/mol. The molecule has 0 bridgehead atoms. The molecule has 3 aromatic rings. The molecule has 4 heterocycles. The van der Waals surface area contributed by atoms with Crippen molar-refractivity contribution in [2.24, 2.45) is 11.8 Å². The Morgan fingerprint density at radius 3 is 2.76 bits per heavy atom. The molecule has 2 fully saturated rings. The van der Waals surface area contributed by atoms with Crippen molar-refractivity contribution in [3.63, 3.8) is 0 Å². The lowest BCUT2D eigenvalue weighted by Crippen LogP contribution is -2.53. The summed E-state index contributed by atoms with van der Waals surface area (Å²) >= 11 is 12.6. The molecule has 0 saturated carbocycles. The number of likely N-dealkylation sites (tertiary alicyclic amines) is 1. The van der Waals surface area contributed by atoms with E-state index in [4.69, 9.17) is 43.4 Å². The molecule has 38 heavy (non-hydrogen) atoms. The molecule has 2 unspecified atom stereocenters. The van der Waals surface area contributed by atoms with Crippen LogP contribution in [0.25, 0.3) is 11.2 Å². The first-order chi connectivity index (χ1) is 18.2. The number of halogens is 2. The van der Waals surface area contributed by atoms with Gasteiger partial charge in [0.1, 0.15) is 11.3 Å². The number of carboxylic acids is 1. The Balaban J connectivity index is 1.32. The van der Waals surface area contributed by atoms with Crippen molar-refractivity contribution in [1.82, 2.24) is 24.6 Å². The van der Waals surface area contributed by atoms with Crippen LogP contribution in [0.5, 0.6) is 0 Å². The first-order valence-corrected chi connectivity index (χ1v) is 14.3. The predicted molar refractivity (Wildman–Crippen MR) is 151 cm³/mol. The average Bonchev–Trinajstić information content (AvgIpc) is 3.23. The third-order valence-electron chi connectivity index (χ3n) is 8.31. The molecule has 2 aliphatic rings. The Kier molecular flexibility index (Phi) is 8.12. The van der Waals surface area contributed by atoms with E-state index in [0.717, 1.165) is 80.1 Å². The number of carboxylic acid groups (broad SMARTS) is 1. The molecule has 0 radical (unpaired) electrons. The summed E-state index contributed by atoms with van der Waals surface area (Å²) in [6.45, 7) is 10.3. The van der Waals surface area contributed by atoms with Gasteiger partial charge >= 0.3 is 5.97 Å². The van der Waals surface area contributed by atoms with Gasteiger partial charge < -0.3 is 10.0 Å². The molecule has 0 spiro atoms. The van der Waals surface area contributed by atoms with Crippen LogP contribution in [0, 0.1) is 18.8 Å². The van der Waals surface area contributed by atoms with Crippen LogP contribution < -0.4 is 4.90 Å². The van der Waals surface area contributed by atoms with Crippen LogP contribution >= 0.6 is 23.2 Å². The van der Waals surface area contributed by atoms with Crippen molar-refractivity contribution in [1.29, 1.82) is 0 Å². The fraction of sp³-hybridized carbons (Fsp3) is 0.571. The highest BCUT2D eigenvalue weighted by atomic mass is 35.5. The standard InChI is InChI=1S/C28H36Cl2N6O2/c1-17-15-35(12-10-24(17)34-11-4-5-20(16-34)6-9-26(37)38)25-14-31-27-18(2)33-36(28(27)32-25)19(3)22-8-7-21(29)13-23(22)30/h7-8,13-14,17,19-20,24H,4-6,9-12,15-16H2,1-3H3,(H,37,38)/t17-,19?,20-,24?/m0/s1. The zero-order valence-electron chi connectivity index (χ0n) is 22.3. The molecule has 8 nitrogen and oxygen atoms in total. The van der Waals surface area contributed by atoms with Crippen LogP contribution in [-0.4, -0.2) is 67.9 Å². The summed E-state index contributed by atoms with van der Waals surface area (Å²) < 4.78 is 1.91. The highest BCUT2D eigenvalue weighted by Crippen LogP contribution is 2.33. The highest BCUT2D eigenvalue weighted by Gasteiger charge is 2.34. The zero-order valence-corrected chi connectivity index (χ0v) is 23.8. The molecule has 204 valence electrons. The zero-order chi connectivity index (χ0) is 27.0. The van der Waals surface area contributed by atoms with E-state index in [1.54, 1.807) is 6.07 Å². The summed E-state index contributed by atoms with van der Waals surface area (Å²) in [5.74, 6) is 1.14. The largest absolute Gasteiger partial charge is 0.481 e. The van der Waals surface area contributed by atoms with E-state index in [1.807, 2.05) is 29.9 Å². The summed E-state index contributed by atoms with van der Waals surface area (Å²) in [7, 11) is 0. The van der Waals surface area contributed by atoms with E-state index >= 15 is 0 Å². The van der Waals surface area contributed by atoms with Gasteiger partial charge in [0.2, 0.25) is 0 Å². The van der Waals surface area contributed by atoms with E-state index in [9.17, 15) is 4.79 Å². The Morgan fingerprint density at radius 1 is 1.21 bits per heavy atom. The number of benzene rings is 1. The van der Waals surface area contributed by atoms with Crippen molar-refractivity contribution in [3.8, 4) is 0 Å². The molecule has 2 saturated heterocycles. The molecule has 4 atom stereocenters. The van der Waals surface area contributed by atoms with E-state index in [2.05, 4.69) is 23.6 Å². The summed E-state index contributed by atoms with van der Waals surface area (Å²) in [5, 5.41) is 15.1. The SMILES string of the molecule is Cc1nn(C(C)c2ccc(Cl)cc2Cl)c2nc(N3CCC(N4CCC[C@@H](CCC(=O)O)C4)[C@@H](C)C3)cnc12. The minimum atomic E-state index is -0.691. The molecule has 10 heteroatoms. The van der Waals surface area contributed by atoms with Crippen molar-refractivity contribution in [2.45, 2.75) is 65.0 Å². The van der Waals surface area contributed by atoms with Gasteiger partial charge in [0.05, 0.1) is 17.9 Å². The Bertz CT molecular complexity index is 1310. The average molecular weight is 560 g/mol. The smallest absolute Gasteiger partial charge is 0.303 e. The second-order valence-corrected chi connectivity index (χ2v) is 11.8. The predicted octanol–water partition coefficient (Wildman–Crippen LogP) is 5.84. The number of aliphatic carboxylic acids is 1. The normalized spacial score (nSPS) is 23.6. The van der Waals surface area contributed by atoms with Gasteiger partial charge in [-0.1, -0.05) is 36.2 Å². The minimum Gasteiger partial charge on any atom is -0.481 e. The summed E-state index contributed by atoms with van der Waals surface area (Å²) in [5.41, 5.74) is 3.33. The number of piperidine rings is 2. The number of aromatic nitrogens is 4. The fourth-order valence-electron chi connectivity index (χ4n) is 6.28. The van der Waals surface area contributed by atoms with E-state index < -0.39 is 5.97 Å². The topological polar surface area (TPSA) is 87.4 Å². The molecule has 2 aliphatic heterocycles. The lowest BCUT2D eigenvalue weighted by molar-refractivity contribution is -0.137. The van der Waals surface area contributed by atoms with Crippen molar-refractivity contribution >= 4 is 46.2 Å². The third-order valence-corrected chi connectivity index (χ3v) is 8.87. The molecule has 1 aromatic carbocycles. The van der Waals surface area contributed by atoms with E-state index in [1.165, 1.54) is 0 Å². The van der Waals surface area contributed by atoms with Gasteiger partial charge in [-0.3, -0.25) is 9.69 Å². The number of carbonyl (C=O) groups is 1. The number of aryl methyl sites for hydroxylation is 1. The molecule has 0 amide bonds.